The first-order chi connectivity index (χ1) is 13.2. The molecular formula is C18H23F2IN6O. The molecule has 0 aliphatic carbocycles. The molecule has 0 spiro atoms. The van der Waals surface area contributed by atoms with Gasteiger partial charge in [-0.25, -0.2) is 9.97 Å². The van der Waals surface area contributed by atoms with Gasteiger partial charge in [-0.15, -0.1) is 24.0 Å². The SMILES string of the molecule is CN=C(NCc1ccccc1OC(F)F)N1CCN(c2ncccn2)CC1.I. The molecule has 1 aliphatic heterocycles. The van der Waals surface area contributed by atoms with Gasteiger partial charge in [-0.2, -0.15) is 8.78 Å². The van der Waals surface area contributed by atoms with Gasteiger partial charge in [0.1, 0.15) is 5.75 Å². The summed E-state index contributed by atoms with van der Waals surface area (Å²) in [5.74, 6) is 1.61. The maximum Gasteiger partial charge on any atom is 0.387 e. The second-order valence-electron chi connectivity index (χ2n) is 5.91. The van der Waals surface area contributed by atoms with Crippen molar-refractivity contribution in [1.29, 1.82) is 0 Å². The molecule has 0 bridgehead atoms. The summed E-state index contributed by atoms with van der Waals surface area (Å²) in [6, 6.07) is 8.53. The fourth-order valence-electron chi connectivity index (χ4n) is 2.94. The molecule has 3 rings (SSSR count). The van der Waals surface area contributed by atoms with Crippen LogP contribution in [-0.4, -0.2) is 60.7 Å². The number of benzene rings is 1. The minimum atomic E-state index is -2.85. The lowest BCUT2D eigenvalue weighted by molar-refractivity contribution is -0.0504. The van der Waals surface area contributed by atoms with Gasteiger partial charge in [0.05, 0.1) is 0 Å². The smallest absolute Gasteiger partial charge is 0.387 e. The molecule has 7 nitrogen and oxygen atoms in total. The summed E-state index contributed by atoms with van der Waals surface area (Å²) >= 11 is 0. The maximum atomic E-state index is 12.5. The number of hydrogen-bond donors (Lipinski definition) is 1. The van der Waals surface area contributed by atoms with Gasteiger partial charge in [0, 0.05) is 57.7 Å². The zero-order valence-corrected chi connectivity index (χ0v) is 17.8. The van der Waals surface area contributed by atoms with E-state index in [0.29, 0.717) is 12.1 Å². The largest absolute Gasteiger partial charge is 0.434 e. The number of aromatic nitrogens is 2. The highest BCUT2D eigenvalue weighted by Gasteiger charge is 2.21. The van der Waals surface area contributed by atoms with E-state index in [1.807, 2.05) is 0 Å². The van der Waals surface area contributed by atoms with E-state index in [2.05, 4.69) is 34.8 Å². The normalized spacial score (nSPS) is 14.6. The minimum Gasteiger partial charge on any atom is -0.434 e. The van der Waals surface area contributed by atoms with Crippen LogP contribution in [0.25, 0.3) is 0 Å². The molecule has 2 aromatic rings. The maximum absolute atomic E-state index is 12.5. The van der Waals surface area contributed by atoms with Crippen LogP contribution in [0.15, 0.2) is 47.7 Å². The van der Waals surface area contributed by atoms with E-state index < -0.39 is 6.61 Å². The lowest BCUT2D eigenvalue weighted by Gasteiger charge is -2.36. The third-order valence-electron chi connectivity index (χ3n) is 4.25. The van der Waals surface area contributed by atoms with Crippen LogP contribution in [0, 0.1) is 0 Å². The van der Waals surface area contributed by atoms with E-state index in [1.165, 1.54) is 6.07 Å². The van der Waals surface area contributed by atoms with Gasteiger partial charge in [-0.05, 0) is 12.1 Å². The third-order valence-corrected chi connectivity index (χ3v) is 4.25. The van der Waals surface area contributed by atoms with Gasteiger partial charge in [0.2, 0.25) is 5.95 Å². The first-order valence-corrected chi connectivity index (χ1v) is 8.67. The minimum absolute atomic E-state index is 0. The van der Waals surface area contributed by atoms with Gasteiger partial charge in [0.15, 0.2) is 5.96 Å². The molecule has 1 fully saturated rings. The molecule has 0 radical (unpaired) electrons. The van der Waals surface area contributed by atoms with E-state index in [0.717, 1.165) is 38.1 Å². The topological polar surface area (TPSA) is 65.9 Å². The molecule has 2 heterocycles. The van der Waals surface area contributed by atoms with Gasteiger partial charge >= 0.3 is 6.61 Å². The monoisotopic (exact) mass is 504 g/mol. The Hall–Kier alpha value is -2.24. The number of nitrogens with zero attached hydrogens (tertiary/aromatic N) is 5. The fourth-order valence-corrected chi connectivity index (χ4v) is 2.94. The molecular weight excluding hydrogens is 481 g/mol. The van der Waals surface area contributed by atoms with E-state index in [4.69, 9.17) is 0 Å². The Labute approximate surface area is 179 Å². The standard InChI is InChI=1S/C18H22F2N6O.HI/c1-21-17(24-13-14-5-2-3-6-15(14)27-16(19)20)25-9-11-26(12-10-25)18-22-7-4-8-23-18;/h2-8,16H,9-13H2,1H3,(H,21,24);1H. The molecule has 10 heteroatoms. The number of aliphatic imine (C=N–C) groups is 1. The molecule has 1 saturated heterocycles. The zero-order chi connectivity index (χ0) is 19.1. The Bertz CT molecular complexity index is 757. The van der Waals surface area contributed by atoms with Gasteiger partial charge < -0.3 is 19.9 Å². The quantitative estimate of drug-likeness (QED) is 0.384. The Morgan fingerprint density at radius 1 is 1.14 bits per heavy atom. The number of halogens is 3. The number of anilines is 1. The predicted octanol–water partition coefficient (Wildman–Crippen LogP) is 2.59. The molecule has 0 saturated carbocycles. The first-order valence-electron chi connectivity index (χ1n) is 8.67. The van der Waals surface area contributed by atoms with Crippen molar-refractivity contribution in [2.45, 2.75) is 13.2 Å². The molecule has 0 unspecified atom stereocenters. The number of rotatable bonds is 5. The Morgan fingerprint density at radius 2 is 1.82 bits per heavy atom. The van der Waals surface area contributed by atoms with Crippen molar-refractivity contribution in [1.82, 2.24) is 20.2 Å². The summed E-state index contributed by atoms with van der Waals surface area (Å²) in [5.41, 5.74) is 0.648. The zero-order valence-electron chi connectivity index (χ0n) is 15.5. The highest BCUT2D eigenvalue weighted by molar-refractivity contribution is 14.0. The van der Waals surface area contributed by atoms with E-state index >= 15 is 0 Å². The van der Waals surface area contributed by atoms with Crippen LogP contribution in [-0.2, 0) is 6.54 Å². The van der Waals surface area contributed by atoms with Crippen molar-refractivity contribution in [2.24, 2.45) is 4.99 Å². The molecule has 1 aliphatic rings. The average Bonchev–Trinajstić information content (AvgIpc) is 2.70. The van der Waals surface area contributed by atoms with Crippen molar-refractivity contribution in [2.75, 3.05) is 38.1 Å². The summed E-state index contributed by atoms with van der Waals surface area (Å²) in [5, 5.41) is 3.22. The molecule has 1 N–H and O–H groups in total. The van der Waals surface area contributed by atoms with Crippen LogP contribution in [0.5, 0.6) is 5.75 Å². The molecule has 0 amide bonds. The van der Waals surface area contributed by atoms with Crippen molar-refractivity contribution < 1.29 is 13.5 Å². The second kappa shape index (κ2) is 10.9. The van der Waals surface area contributed by atoms with Crippen LogP contribution < -0.4 is 15.0 Å². The predicted molar refractivity (Wildman–Crippen MR) is 115 cm³/mol. The molecule has 152 valence electrons. The van der Waals surface area contributed by atoms with Crippen molar-refractivity contribution >= 4 is 35.9 Å². The first kappa shape index (κ1) is 22.1. The molecule has 0 atom stereocenters. The number of alkyl halides is 2. The Morgan fingerprint density at radius 3 is 2.46 bits per heavy atom. The number of guanidine groups is 1. The second-order valence-corrected chi connectivity index (χ2v) is 5.91. The van der Waals surface area contributed by atoms with Gasteiger partial charge in [0.25, 0.3) is 0 Å². The average molecular weight is 504 g/mol. The summed E-state index contributed by atoms with van der Waals surface area (Å²) in [4.78, 5) is 17.1. The highest BCUT2D eigenvalue weighted by Crippen LogP contribution is 2.20. The van der Waals surface area contributed by atoms with Crippen molar-refractivity contribution in [3.05, 3.63) is 48.3 Å². The highest BCUT2D eigenvalue weighted by atomic mass is 127. The lowest BCUT2D eigenvalue weighted by atomic mass is 10.2. The number of para-hydroxylation sites is 1. The Balaban J connectivity index is 0.00000280. The number of ether oxygens (including phenoxy) is 1. The third kappa shape index (κ3) is 5.88. The molecule has 1 aromatic carbocycles. The summed E-state index contributed by atoms with van der Waals surface area (Å²) in [7, 11) is 1.70. The van der Waals surface area contributed by atoms with Crippen LogP contribution in [0.3, 0.4) is 0 Å². The number of piperazine rings is 1. The lowest BCUT2D eigenvalue weighted by Crippen LogP contribution is -2.52. The molecule has 1 aromatic heterocycles. The van der Waals surface area contributed by atoms with Gasteiger partial charge in [-0.3, -0.25) is 4.99 Å². The van der Waals surface area contributed by atoms with Crippen LogP contribution in [0.2, 0.25) is 0 Å². The van der Waals surface area contributed by atoms with E-state index in [-0.39, 0.29) is 29.7 Å². The van der Waals surface area contributed by atoms with E-state index in [9.17, 15) is 8.78 Å². The van der Waals surface area contributed by atoms with Crippen LogP contribution in [0.1, 0.15) is 5.56 Å². The number of nitrogens with one attached hydrogen (secondary N) is 1. The van der Waals surface area contributed by atoms with Crippen LogP contribution in [0.4, 0.5) is 14.7 Å². The van der Waals surface area contributed by atoms with Gasteiger partial charge in [-0.1, -0.05) is 18.2 Å². The van der Waals surface area contributed by atoms with Crippen molar-refractivity contribution in [3.8, 4) is 5.75 Å². The number of hydrogen-bond acceptors (Lipinski definition) is 5. The summed E-state index contributed by atoms with van der Waals surface area (Å²) in [6.07, 6.45) is 3.46. The Kier molecular flexibility index (Phi) is 8.61. The molecule has 28 heavy (non-hydrogen) atoms. The van der Waals surface area contributed by atoms with Crippen LogP contribution >= 0.6 is 24.0 Å². The fraction of sp³-hybridized carbons (Fsp3) is 0.389. The van der Waals surface area contributed by atoms with Crippen molar-refractivity contribution in [3.63, 3.8) is 0 Å². The summed E-state index contributed by atoms with van der Waals surface area (Å²) in [6.45, 7) is 0.558. The summed E-state index contributed by atoms with van der Waals surface area (Å²) < 4.78 is 29.7. The van der Waals surface area contributed by atoms with E-state index in [1.54, 1.807) is 43.7 Å².